The molecule has 1 atom stereocenters. The lowest BCUT2D eigenvalue weighted by atomic mass is 9.97. The Bertz CT molecular complexity index is 1280. The summed E-state index contributed by atoms with van der Waals surface area (Å²) in [6.45, 7) is 8.48. The zero-order chi connectivity index (χ0) is 26.7. The highest BCUT2D eigenvalue weighted by atomic mass is 16.6. The number of piperidine rings is 1. The molecule has 10 nitrogen and oxygen atoms in total. The van der Waals surface area contributed by atoms with Gasteiger partial charge >= 0.3 is 18.0 Å². The van der Waals surface area contributed by atoms with E-state index in [2.05, 4.69) is 9.97 Å². The number of benzene rings is 1. The quantitative estimate of drug-likeness (QED) is 0.455. The fraction of sp³-hybridized carbons (Fsp3) is 0.407. The zero-order valence-electron chi connectivity index (χ0n) is 21.5. The van der Waals surface area contributed by atoms with E-state index >= 15 is 0 Å². The Hall–Kier alpha value is -4.08. The Balaban J connectivity index is 1.67. The van der Waals surface area contributed by atoms with Gasteiger partial charge in [0.25, 0.3) is 0 Å². The fourth-order valence-corrected chi connectivity index (χ4v) is 4.42. The number of aromatic amines is 1. The molecule has 3 aromatic rings. The number of likely N-dealkylation sites (tertiary alicyclic amines) is 1. The van der Waals surface area contributed by atoms with Crippen LogP contribution in [-0.4, -0.2) is 67.9 Å². The summed E-state index contributed by atoms with van der Waals surface area (Å²) < 4.78 is 12.6. The average Bonchev–Trinajstić information content (AvgIpc) is 3.51. The maximum Gasteiger partial charge on any atom is 0.410 e. The molecule has 196 valence electrons. The maximum absolute atomic E-state index is 12.8. The molecular weight excluding hydrogens is 476 g/mol. The highest BCUT2D eigenvalue weighted by molar-refractivity contribution is 5.89. The molecule has 0 saturated carbocycles. The molecule has 0 spiro atoms. The minimum Gasteiger partial charge on any atom is -0.478 e. The van der Waals surface area contributed by atoms with Crippen LogP contribution in [0.3, 0.4) is 0 Å². The largest absolute Gasteiger partial charge is 0.478 e. The van der Waals surface area contributed by atoms with Crippen LogP contribution < -0.4 is 0 Å². The lowest BCUT2D eigenvalue weighted by Gasteiger charge is -2.34. The first kappa shape index (κ1) is 26.0. The number of ether oxygens (including phenoxy) is 2. The second-order valence-corrected chi connectivity index (χ2v) is 9.98. The number of rotatable bonds is 6. The van der Waals surface area contributed by atoms with Gasteiger partial charge in [-0.2, -0.15) is 0 Å². The third-order valence-corrected chi connectivity index (χ3v) is 6.09. The molecule has 0 aliphatic carbocycles. The van der Waals surface area contributed by atoms with E-state index in [4.69, 9.17) is 9.47 Å². The first-order chi connectivity index (χ1) is 17.6. The van der Waals surface area contributed by atoms with E-state index in [1.54, 1.807) is 46.9 Å². The highest BCUT2D eigenvalue weighted by Crippen LogP contribution is 2.31. The first-order valence-corrected chi connectivity index (χ1v) is 12.3. The summed E-state index contributed by atoms with van der Waals surface area (Å²) in [5.74, 6) is -0.349. The SMILES string of the molecule is CCOC(=O)c1cnc([C@@H]2CCCN(C(=O)OC(C)(C)C)C2)n1-c1cc(-c2ccc(C(=O)O)cc2)c[nH]1. The Morgan fingerprint density at radius 3 is 2.54 bits per heavy atom. The van der Waals surface area contributed by atoms with Gasteiger partial charge in [0.15, 0.2) is 5.69 Å². The van der Waals surface area contributed by atoms with Crippen molar-refractivity contribution in [3.8, 4) is 16.9 Å². The van der Waals surface area contributed by atoms with Gasteiger partial charge < -0.3 is 24.5 Å². The molecule has 4 rings (SSSR count). The predicted octanol–water partition coefficient (Wildman–Crippen LogP) is 4.86. The maximum atomic E-state index is 12.8. The summed E-state index contributed by atoms with van der Waals surface area (Å²) in [5.41, 5.74) is 1.53. The van der Waals surface area contributed by atoms with Crippen molar-refractivity contribution in [3.63, 3.8) is 0 Å². The molecular formula is C27H32N4O6. The average molecular weight is 509 g/mol. The number of esters is 1. The third-order valence-electron chi connectivity index (χ3n) is 6.09. The lowest BCUT2D eigenvalue weighted by molar-refractivity contribution is 0.0194. The fourth-order valence-electron chi connectivity index (χ4n) is 4.42. The van der Waals surface area contributed by atoms with Crippen LogP contribution in [-0.2, 0) is 9.47 Å². The Morgan fingerprint density at radius 2 is 1.89 bits per heavy atom. The van der Waals surface area contributed by atoms with E-state index in [-0.39, 0.29) is 29.9 Å². The van der Waals surface area contributed by atoms with Crippen LogP contribution >= 0.6 is 0 Å². The van der Waals surface area contributed by atoms with E-state index in [1.165, 1.54) is 6.20 Å². The summed E-state index contributed by atoms with van der Waals surface area (Å²) in [5, 5.41) is 9.17. The number of imidazole rings is 1. The number of H-pyrrole nitrogens is 1. The normalized spacial score (nSPS) is 15.9. The summed E-state index contributed by atoms with van der Waals surface area (Å²) in [6, 6.07) is 8.43. The van der Waals surface area contributed by atoms with Gasteiger partial charge in [0.2, 0.25) is 0 Å². The van der Waals surface area contributed by atoms with Crippen molar-refractivity contribution in [1.29, 1.82) is 0 Å². The van der Waals surface area contributed by atoms with Crippen LogP contribution in [0.15, 0.2) is 42.7 Å². The smallest absolute Gasteiger partial charge is 0.410 e. The summed E-state index contributed by atoms with van der Waals surface area (Å²) in [6.07, 6.45) is 4.49. The lowest BCUT2D eigenvalue weighted by Crippen LogP contribution is -2.42. The number of carbonyl (C=O) groups is 3. The molecule has 2 N–H and O–H groups in total. The van der Waals surface area contributed by atoms with Crippen molar-refractivity contribution < 1.29 is 29.0 Å². The van der Waals surface area contributed by atoms with E-state index in [0.717, 1.165) is 24.0 Å². The molecule has 0 unspecified atom stereocenters. The van der Waals surface area contributed by atoms with Gasteiger partial charge in [-0.1, -0.05) is 12.1 Å². The predicted molar refractivity (Wildman–Crippen MR) is 136 cm³/mol. The Kier molecular flexibility index (Phi) is 7.37. The summed E-state index contributed by atoms with van der Waals surface area (Å²) >= 11 is 0. The van der Waals surface area contributed by atoms with Gasteiger partial charge in [-0.3, -0.25) is 4.57 Å². The van der Waals surface area contributed by atoms with Crippen LogP contribution in [0.5, 0.6) is 0 Å². The molecule has 1 aliphatic rings. The molecule has 37 heavy (non-hydrogen) atoms. The number of aromatic nitrogens is 3. The first-order valence-electron chi connectivity index (χ1n) is 12.3. The number of nitrogens with zero attached hydrogens (tertiary/aromatic N) is 3. The molecule has 1 aliphatic heterocycles. The van der Waals surface area contributed by atoms with Gasteiger partial charge in [0.05, 0.1) is 18.4 Å². The van der Waals surface area contributed by atoms with Gasteiger partial charge in [-0.15, -0.1) is 0 Å². The van der Waals surface area contributed by atoms with E-state index in [1.807, 2.05) is 26.8 Å². The number of hydrogen-bond donors (Lipinski definition) is 2. The minimum atomic E-state index is -0.989. The molecule has 3 heterocycles. The molecule has 1 fully saturated rings. The summed E-state index contributed by atoms with van der Waals surface area (Å²) in [7, 11) is 0. The number of nitrogens with one attached hydrogen (secondary N) is 1. The minimum absolute atomic E-state index is 0.119. The molecule has 10 heteroatoms. The van der Waals surface area contributed by atoms with Crippen LogP contribution in [0.4, 0.5) is 4.79 Å². The summed E-state index contributed by atoms with van der Waals surface area (Å²) in [4.78, 5) is 46.2. The molecule has 1 aromatic carbocycles. The van der Waals surface area contributed by atoms with Gasteiger partial charge in [0, 0.05) is 30.8 Å². The Morgan fingerprint density at radius 1 is 1.16 bits per heavy atom. The van der Waals surface area contributed by atoms with Crippen LogP contribution in [0.1, 0.15) is 73.1 Å². The van der Waals surface area contributed by atoms with Crippen molar-refractivity contribution >= 4 is 18.0 Å². The van der Waals surface area contributed by atoms with Crippen molar-refractivity contribution in [1.82, 2.24) is 19.4 Å². The number of hydrogen-bond acceptors (Lipinski definition) is 6. The number of aromatic carboxylic acids is 1. The highest BCUT2D eigenvalue weighted by Gasteiger charge is 2.32. The van der Waals surface area contributed by atoms with Crippen molar-refractivity contribution in [2.24, 2.45) is 0 Å². The van der Waals surface area contributed by atoms with Crippen LogP contribution in [0, 0.1) is 0 Å². The second-order valence-electron chi connectivity index (χ2n) is 9.98. The zero-order valence-corrected chi connectivity index (χ0v) is 21.5. The number of carbonyl (C=O) groups excluding carboxylic acids is 2. The molecule has 0 radical (unpaired) electrons. The monoisotopic (exact) mass is 508 g/mol. The van der Waals surface area contributed by atoms with E-state index < -0.39 is 17.5 Å². The van der Waals surface area contributed by atoms with Crippen LogP contribution in [0.25, 0.3) is 16.9 Å². The molecule has 1 amide bonds. The number of carboxylic acid groups (broad SMARTS) is 1. The van der Waals surface area contributed by atoms with Gasteiger partial charge in [0.1, 0.15) is 17.2 Å². The van der Waals surface area contributed by atoms with Crippen molar-refractivity contribution in [2.45, 2.75) is 52.1 Å². The van der Waals surface area contributed by atoms with Crippen molar-refractivity contribution in [3.05, 3.63) is 59.8 Å². The molecule has 1 saturated heterocycles. The topological polar surface area (TPSA) is 127 Å². The molecule has 2 aromatic heterocycles. The Labute approximate surface area is 215 Å². The van der Waals surface area contributed by atoms with Crippen molar-refractivity contribution in [2.75, 3.05) is 19.7 Å². The van der Waals surface area contributed by atoms with Gasteiger partial charge in [-0.05, 0) is 64.3 Å². The number of carboxylic acids is 1. The van der Waals surface area contributed by atoms with Crippen LogP contribution in [0.2, 0.25) is 0 Å². The van der Waals surface area contributed by atoms with Gasteiger partial charge in [-0.25, -0.2) is 19.4 Å². The molecule has 0 bridgehead atoms. The van der Waals surface area contributed by atoms with E-state index in [0.29, 0.717) is 24.7 Å². The standard InChI is InChI=1S/C27H32N4O6/c1-5-36-25(34)21-15-29-23(19-7-6-12-30(16-19)26(35)37-27(2,3)4)31(21)22-13-20(14-28-22)17-8-10-18(11-9-17)24(32)33/h8-11,13-15,19,28H,5-7,12,16H2,1-4H3,(H,32,33)/t19-/m1/s1. The second kappa shape index (κ2) is 10.5. The third kappa shape index (κ3) is 5.84. The number of amides is 1. The van der Waals surface area contributed by atoms with E-state index in [9.17, 15) is 19.5 Å².